The number of thiazole rings is 1. The summed E-state index contributed by atoms with van der Waals surface area (Å²) in [5.41, 5.74) is 6.87. The first kappa shape index (κ1) is 16.3. The second-order valence-corrected chi connectivity index (χ2v) is 6.70. The van der Waals surface area contributed by atoms with Gasteiger partial charge in [0.15, 0.2) is 5.16 Å². The minimum absolute atomic E-state index is 0.0497. The Balaban J connectivity index is 2.01. The maximum atomic E-state index is 5.83. The van der Waals surface area contributed by atoms with Crippen molar-refractivity contribution in [2.75, 3.05) is 12.3 Å². The lowest BCUT2D eigenvalue weighted by Gasteiger charge is -2.10. The van der Waals surface area contributed by atoms with Crippen molar-refractivity contribution in [1.82, 2.24) is 19.7 Å². The molecule has 1 atom stereocenters. The molecule has 2 heterocycles. The predicted molar refractivity (Wildman–Crippen MR) is 86.5 cm³/mol. The van der Waals surface area contributed by atoms with Gasteiger partial charge >= 0.3 is 0 Å². The summed E-state index contributed by atoms with van der Waals surface area (Å²) >= 11 is 3.23. The molecule has 0 aromatic carbocycles. The third kappa shape index (κ3) is 3.96. The summed E-state index contributed by atoms with van der Waals surface area (Å²) in [6.45, 7) is 8.84. The summed E-state index contributed by atoms with van der Waals surface area (Å²) in [4.78, 5) is 4.61. The number of hydrogen-bond acceptors (Lipinski definition) is 7. The highest BCUT2D eigenvalue weighted by Gasteiger charge is 2.15. The van der Waals surface area contributed by atoms with E-state index < -0.39 is 0 Å². The van der Waals surface area contributed by atoms with Gasteiger partial charge in [-0.2, -0.15) is 0 Å². The molecule has 0 aliphatic carbocycles. The van der Waals surface area contributed by atoms with Gasteiger partial charge in [-0.1, -0.05) is 11.8 Å². The van der Waals surface area contributed by atoms with Gasteiger partial charge in [0.1, 0.15) is 11.1 Å². The van der Waals surface area contributed by atoms with E-state index in [1.807, 2.05) is 18.4 Å². The number of thioether (sulfide) groups is 1. The standard InChI is InChI=1S/C13H21N5OS2/c1-5-19-9(4)11-15-10(6-20-11)7-21-13-17-16-12(14)18(13)8(2)3/h6,8-9H,5,7H2,1-4H3,(H2,14,16)/t9-/m1/s1. The third-order valence-electron chi connectivity index (χ3n) is 2.89. The van der Waals surface area contributed by atoms with Crippen LogP contribution in [0.15, 0.2) is 10.5 Å². The van der Waals surface area contributed by atoms with E-state index >= 15 is 0 Å². The number of nitrogens with two attached hydrogens (primary N) is 1. The second kappa shape index (κ2) is 7.24. The van der Waals surface area contributed by atoms with Gasteiger partial charge in [0, 0.05) is 23.8 Å². The molecule has 0 unspecified atom stereocenters. The summed E-state index contributed by atoms with van der Waals surface area (Å²) in [6, 6.07) is 0.242. The third-order valence-corrected chi connectivity index (χ3v) is 4.92. The van der Waals surface area contributed by atoms with Crippen LogP contribution in [-0.2, 0) is 10.5 Å². The quantitative estimate of drug-likeness (QED) is 0.786. The Morgan fingerprint density at radius 1 is 1.38 bits per heavy atom. The molecule has 0 saturated carbocycles. The molecular formula is C13H21N5OS2. The Labute approximate surface area is 133 Å². The average Bonchev–Trinajstić information content (AvgIpc) is 3.03. The molecule has 6 nitrogen and oxygen atoms in total. The van der Waals surface area contributed by atoms with Gasteiger partial charge in [-0.05, 0) is 27.7 Å². The minimum atomic E-state index is 0.0497. The van der Waals surface area contributed by atoms with Crippen LogP contribution in [0.2, 0.25) is 0 Å². The van der Waals surface area contributed by atoms with Crippen LogP contribution in [0.5, 0.6) is 0 Å². The topological polar surface area (TPSA) is 78.8 Å². The van der Waals surface area contributed by atoms with Crippen molar-refractivity contribution in [3.05, 3.63) is 16.1 Å². The molecule has 116 valence electrons. The van der Waals surface area contributed by atoms with Gasteiger partial charge in [0.05, 0.1) is 5.69 Å². The first-order valence-corrected chi connectivity index (χ1v) is 8.78. The number of aromatic nitrogens is 4. The molecule has 2 rings (SSSR count). The van der Waals surface area contributed by atoms with Crippen molar-refractivity contribution in [2.24, 2.45) is 0 Å². The lowest BCUT2D eigenvalue weighted by atomic mass is 10.4. The molecule has 0 aliphatic heterocycles. The van der Waals surface area contributed by atoms with Crippen LogP contribution in [0.4, 0.5) is 5.95 Å². The summed E-state index contributed by atoms with van der Waals surface area (Å²) in [5.74, 6) is 1.21. The minimum Gasteiger partial charge on any atom is -0.372 e. The molecule has 0 bridgehead atoms. The van der Waals surface area contributed by atoms with Crippen molar-refractivity contribution in [2.45, 2.75) is 50.8 Å². The molecule has 8 heteroatoms. The van der Waals surface area contributed by atoms with Crippen LogP contribution in [-0.4, -0.2) is 26.4 Å². The zero-order valence-corrected chi connectivity index (χ0v) is 14.4. The SMILES string of the molecule is CCO[C@H](C)c1nc(CSc2nnc(N)n2C(C)C)cs1. The molecule has 0 aliphatic rings. The number of hydrogen-bond donors (Lipinski definition) is 1. The van der Waals surface area contributed by atoms with E-state index in [4.69, 9.17) is 10.5 Å². The van der Waals surface area contributed by atoms with Crippen molar-refractivity contribution in [3.8, 4) is 0 Å². The van der Waals surface area contributed by atoms with Gasteiger partial charge in [0.2, 0.25) is 5.95 Å². The van der Waals surface area contributed by atoms with Gasteiger partial charge < -0.3 is 10.5 Å². The van der Waals surface area contributed by atoms with Crippen molar-refractivity contribution in [3.63, 3.8) is 0 Å². The summed E-state index contributed by atoms with van der Waals surface area (Å²) < 4.78 is 7.49. The maximum absolute atomic E-state index is 5.83. The highest BCUT2D eigenvalue weighted by atomic mass is 32.2. The Hall–Kier alpha value is -1.12. The van der Waals surface area contributed by atoms with Crippen LogP contribution in [0.25, 0.3) is 0 Å². The van der Waals surface area contributed by atoms with E-state index in [-0.39, 0.29) is 12.1 Å². The van der Waals surface area contributed by atoms with E-state index in [1.54, 1.807) is 23.1 Å². The van der Waals surface area contributed by atoms with Crippen molar-refractivity contribution >= 4 is 29.0 Å². The van der Waals surface area contributed by atoms with Gasteiger partial charge in [-0.25, -0.2) is 4.98 Å². The van der Waals surface area contributed by atoms with Gasteiger partial charge in [0.25, 0.3) is 0 Å². The molecule has 2 aromatic heterocycles. The lowest BCUT2D eigenvalue weighted by Crippen LogP contribution is -2.07. The van der Waals surface area contributed by atoms with Crippen LogP contribution in [0.1, 0.15) is 50.5 Å². The number of nitrogens with zero attached hydrogens (tertiary/aromatic N) is 4. The molecular weight excluding hydrogens is 306 g/mol. The van der Waals surface area contributed by atoms with Crippen LogP contribution in [0, 0.1) is 0 Å². The largest absolute Gasteiger partial charge is 0.372 e. The van der Waals surface area contributed by atoms with Gasteiger partial charge in [-0.15, -0.1) is 21.5 Å². The zero-order valence-electron chi connectivity index (χ0n) is 12.7. The lowest BCUT2D eigenvalue weighted by molar-refractivity contribution is 0.0761. The van der Waals surface area contributed by atoms with E-state index in [1.165, 1.54) is 0 Å². The van der Waals surface area contributed by atoms with Crippen LogP contribution >= 0.6 is 23.1 Å². The molecule has 2 N–H and O–H groups in total. The molecule has 21 heavy (non-hydrogen) atoms. The Kier molecular flexibility index (Phi) is 5.60. The van der Waals surface area contributed by atoms with Gasteiger partial charge in [-0.3, -0.25) is 4.57 Å². The molecule has 0 spiro atoms. The average molecular weight is 327 g/mol. The van der Waals surface area contributed by atoms with Crippen LogP contribution < -0.4 is 5.73 Å². The smallest absolute Gasteiger partial charge is 0.222 e. The first-order valence-electron chi connectivity index (χ1n) is 6.92. The number of ether oxygens (including phenoxy) is 1. The highest BCUT2D eigenvalue weighted by molar-refractivity contribution is 7.98. The first-order chi connectivity index (χ1) is 10.0. The summed E-state index contributed by atoms with van der Waals surface area (Å²) in [6.07, 6.45) is 0.0497. The highest BCUT2D eigenvalue weighted by Crippen LogP contribution is 2.28. The maximum Gasteiger partial charge on any atom is 0.222 e. The van der Waals surface area contributed by atoms with E-state index in [0.717, 1.165) is 21.6 Å². The fraction of sp³-hybridized carbons (Fsp3) is 0.615. The Bertz CT molecular complexity index is 581. The second-order valence-electron chi connectivity index (χ2n) is 4.87. The number of rotatable bonds is 7. The Morgan fingerprint density at radius 2 is 2.14 bits per heavy atom. The molecule has 0 saturated heterocycles. The van der Waals surface area contributed by atoms with Crippen molar-refractivity contribution in [1.29, 1.82) is 0 Å². The molecule has 0 radical (unpaired) electrons. The van der Waals surface area contributed by atoms with E-state index in [2.05, 4.69) is 34.4 Å². The van der Waals surface area contributed by atoms with Crippen molar-refractivity contribution < 1.29 is 4.74 Å². The van der Waals surface area contributed by atoms with E-state index in [0.29, 0.717) is 12.6 Å². The predicted octanol–water partition coefficient (Wildman–Crippen LogP) is 3.29. The zero-order chi connectivity index (χ0) is 15.4. The molecule has 0 amide bonds. The fourth-order valence-corrected chi connectivity index (χ4v) is 3.80. The van der Waals surface area contributed by atoms with Crippen LogP contribution in [0.3, 0.4) is 0 Å². The Morgan fingerprint density at radius 3 is 2.81 bits per heavy atom. The number of nitrogen functional groups attached to an aromatic ring is 1. The monoisotopic (exact) mass is 327 g/mol. The normalized spacial score (nSPS) is 13.0. The van der Waals surface area contributed by atoms with E-state index in [9.17, 15) is 0 Å². The molecule has 2 aromatic rings. The summed E-state index contributed by atoms with van der Waals surface area (Å²) in [5, 5.41) is 12.0. The molecule has 0 fully saturated rings. The number of anilines is 1. The summed E-state index contributed by atoms with van der Waals surface area (Å²) in [7, 11) is 0. The fourth-order valence-electron chi connectivity index (χ4n) is 1.91.